The van der Waals surface area contributed by atoms with Crippen LogP contribution < -0.4 is 0 Å². The van der Waals surface area contributed by atoms with Crippen molar-refractivity contribution in [3.8, 4) is 0 Å². The molecule has 11 N–H and O–H groups in total. The zero-order valence-corrected chi connectivity index (χ0v) is 39.7. The Balaban J connectivity index is 1.06. The van der Waals surface area contributed by atoms with Crippen molar-refractivity contribution in [3.63, 3.8) is 0 Å². The van der Waals surface area contributed by atoms with Gasteiger partial charge in [-0.05, 0) is 110 Å². The molecule has 0 aromatic heterocycles. The number of carbonyl (C=O) groups is 1. The predicted molar refractivity (Wildman–Crippen MR) is 231 cm³/mol. The van der Waals surface area contributed by atoms with Crippen LogP contribution in [-0.2, 0) is 33.2 Å². The van der Waals surface area contributed by atoms with Crippen LogP contribution in [0.4, 0.5) is 0 Å². The summed E-state index contributed by atoms with van der Waals surface area (Å²) in [5.74, 6) is -0.975. The molecule has 18 heteroatoms. The van der Waals surface area contributed by atoms with E-state index in [1.165, 1.54) is 12.5 Å². The van der Waals surface area contributed by atoms with E-state index in [0.717, 1.165) is 44.9 Å². The molecule has 25 atom stereocenters. The van der Waals surface area contributed by atoms with Gasteiger partial charge in [-0.25, -0.2) is 4.79 Å². The number of carboxylic acids is 1. The van der Waals surface area contributed by atoms with Crippen LogP contribution in [0.25, 0.3) is 0 Å². The molecule has 0 amide bonds. The summed E-state index contributed by atoms with van der Waals surface area (Å²) in [6.07, 6.45) is -17.1. The molecule has 0 bridgehead atoms. The van der Waals surface area contributed by atoms with Gasteiger partial charge in [0.25, 0.3) is 0 Å². The van der Waals surface area contributed by atoms with Crippen LogP contribution in [0.15, 0.2) is 11.6 Å². The van der Waals surface area contributed by atoms with Crippen molar-refractivity contribution < 1.29 is 89.4 Å². The summed E-state index contributed by atoms with van der Waals surface area (Å²) in [7, 11) is 0. The van der Waals surface area contributed by atoms with E-state index in [4.69, 9.17) is 28.4 Å². The largest absolute Gasteiger partial charge is 0.479 e. The van der Waals surface area contributed by atoms with Gasteiger partial charge >= 0.3 is 5.97 Å². The molecule has 3 aliphatic heterocycles. The van der Waals surface area contributed by atoms with Gasteiger partial charge in [0.2, 0.25) is 0 Å². The highest BCUT2D eigenvalue weighted by atomic mass is 16.8. The number of ether oxygens (including phenoxy) is 6. The number of allylic oxidation sites excluding steroid dienone is 2. The smallest absolute Gasteiger partial charge is 0.335 e. The highest BCUT2D eigenvalue weighted by Gasteiger charge is 2.69. The molecule has 0 aromatic rings. The Morgan fingerprint density at radius 3 is 1.94 bits per heavy atom. The minimum absolute atomic E-state index is 0.0348. The third kappa shape index (κ3) is 7.78. The van der Waals surface area contributed by atoms with Crippen molar-refractivity contribution in [3.05, 3.63) is 11.6 Å². The molecule has 378 valence electrons. The Morgan fingerprint density at radius 1 is 0.667 bits per heavy atom. The van der Waals surface area contributed by atoms with Crippen molar-refractivity contribution in [2.45, 2.75) is 218 Å². The predicted octanol–water partition coefficient (Wildman–Crippen LogP) is 0.705. The highest BCUT2D eigenvalue weighted by molar-refractivity contribution is 5.73. The minimum Gasteiger partial charge on any atom is -0.479 e. The summed E-state index contributed by atoms with van der Waals surface area (Å²) in [5.41, 5.74) is -0.0694. The maximum absolute atomic E-state index is 12.5. The standard InChI is InChI=1S/C48H78O18/c1-21-29(52)31(54)35(58)40(61-21)65-37-32(55)30(53)24(19-49)62-41(37)66-38-34(57)33(56)36(39(59)60)64-42(38)63-28-12-13-46(6)25(43(28,2)3)11-14-48(8)26(46)10-9-22-23-17-44(4,20-50)18-27(51)45(23,5)15-16-47(22,48)7/h9,21,23-38,40-42,49-58H,10-20H2,1-8H3,(H,59,60)/t21-,23-,24+,25?,26?,27+,28-,29-,30-,31+,32-,33-,34-,35+,36-,37+,38+,40-,41-,42+,44-,45+,46-,47+,48+/m0/s1. The Bertz CT molecular complexity index is 1820. The average molecular weight is 943 g/mol. The molecular formula is C48H78O18. The van der Waals surface area contributed by atoms with Crippen LogP contribution in [0, 0.1) is 50.2 Å². The summed E-state index contributed by atoms with van der Waals surface area (Å²) in [5, 5.41) is 119. The summed E-state index contributed by atoms with van der Waals surface area (Å²) in [4.78, 5) is 12.5. The van der Waals surface area contributed by atoms with Gasteiger partial charge in [-0.15, -0.1) is 0 Å². The van der Waals surface area contributed by atoms with Gasteiger partial charge in [-0.2, -0.15) is 0 Å². The monoisotopic (exact) mass is 943 g/mol. The van der Waals surface area contributed by atoms with Gasteiger partial charge in [-0.3, -0.25) is 0 Å². The lowest BCUT2D eigenvalue weighted by atomic mass is 9.33. The molecule has 8 aliphatic rings. The molecule has 0 radical (unpaired) electrons. The Labute approximate surface area is 387 Å². The fraction of sp³-hybridized carbons (Fsp3) is 0.938. The van der Waals surface area contributed by atoms with Gasteiger partial charge < -0.3 is 84.6 Å². The lowest BCUT2D eigenvalue weighted by Crippen LogP contribution is -2.68. The zero-order chi connectivity index (χ0) is 48.4. The van der Waals surface area contributed by atoms with Gasteiger partial charge in [0, 0.05) is 12.0 Å². The molecule has 3 saturated heterocycles. The summed E-state index contributed by atoms with van der Waals surface area (Å²) in [6, 6.07) is 0. The van der Waals surface area contributed by atoms with Crippen LogP contribution in [-0.4, -0.2) is 180 Å². The van der Waals surface area contributed by atoms with Crippen LogP contribution in [0.3, 0.4) is 0 Å². The molecule has 66 heavy (non-hydrogen) atoms. The number of aliphatic carboxylic acids is 1. The first-order valence-electron chi connectivity index (χ1n) is 24.3. The lowest BCUT2D eigenvalue weighted by molar-refractivity contribution is -0.395. The first-order chi connectivity index (χ1) is 30.7. The second-order valence-electron chi connectivity index (χ2n) is 23.6. The molecule has 0 spiro atoms. The van der Waals surface area contributed by atoms with Gasteiger partial charge in [-0.1, -0.05) is 60.1 Å². The van der Waals surface area contributed by atoms with Gasteiger partial charge in [0.15, 0.2) is 25.0 Å². The normalized spacial score (nSPS) is 55.9. The average Bonchev–Trinajstić information content (AvgIpc) is 3.25. The van der Waals surface area contributed by atoms with E-state index < -0.39 is 122 Å². The summed E-state index contributed by atoms with van der Waals surface area (Å²) >= 11 is 0. The van der Waals surface area contributed by atoms with E-state index in [0.29, 0.717) is 18.8 Å². The second kappa shape index (κ2) is 17.7. The van der Waals surface area contributed by atoms with E-state index in [2.05, 4.69) is 54.5 Å². The fourth-order valence-corrected chi connectivity index (χ4v) is 15.1. The molecule has 3 heterocycles. The minimum atomic E-state index is -2.03. The number of hydrogen-bond acceptors (Lipinski definition) is 17. The van der Waals surface area contributed by atoms with Crippen molar-refractivity contribution in [1.29, 1.82) is 0 Å². The van der Waals surface area contributed by atoms with Crippen molar-refractivity contribution in [2.24, 2.45) is 50.2 Å². The summed E-state index contributed by atoms with van der Waals surface area (Å²) < 4.78 is 36.3. The number of hydrogen-bond donors (Lipinski definition) is 11. The Kier molecular flexibility index (Phi) is 13.7. The Hall–Kier alpha value is -1.43. The lowest BCUT2D eigenvalue weighted by Gasteiger charge is -2.71. The highest BCUT2D eigenvalue weighted by Crippen LogP contribution is 2.76. The van der Waals surface area contributed by atoms with Crippen molar-refractivity contribution >= 4 is 5.97 Å². The van der Waals surface area contributed by atoms with Crippen molar-refractivity contribution in [2.75, 3.05) is 13.2 Å². The van der Waals surface area contributed by atoms with Crippen LogP contribution in [0.1, 0.15) is 113 Å². The van der Waals surface area contributed by atoms with Gasteiger partial charge in [0.05, 0.1) is 24.9 Å². The van der Waals surface area contributed by atoms with Gasteiger partial charge in [0.1, 0.15) is 61.0 Å². The number of rotatable bonds is 9. The van der Waals surface area contributed by atoms with E-state index in [1.807, 2.05) is 0 Å². The summed E-state index contributed by atoms with van der Waals surface area (Å²) in [6.45, 7) is 16.6. The SMILES string of the molecule is C[C@@H]1O[C@@H](O[C@H]2[C@H](O[C@H]3[C@H](O[C@H]4CC[C@@]5(C)C(CC[C@]6(C)C5CC=C5[C@@H]7C[C@](C)(CO)C[C@@H](O)[C@]7(C)CC[C@]56C)C4(C)C)O[C@H](C(=O)O)[C@@H](O)[C@@H]3O)O[C@H](CO)[C@H](O)[C@@H]2O)[C@H](O)[C@H](O)[C@H]1O. The van der Waals surface area contributed by atoms with Crippen molar-refractivity contribution in [1.82, 2.24) is 0 Å². The quantitative estimate of drug-likeness (QED) is 0.112. The molecule has 4 saturated carbocycles. The molecule has 18 nitrogen and oxygen atoms in total. The maximum atomic E-state index is 12.5. The third-order valence-electron chi connectivity index (χ3n) is 19.6. The topological polar surface area (TPSA) is 295 Å². The molecular weight excluding hydrogens is 865 g/mol. The Morgan fingerprint density at radius 2 is 1.30 bits per heavy atom. The number of aliphatic hydroxyl groups is 10. The number of aliphatic hydroxyl groups excluding tert-OH is 10. The maximum Gasteiger partial charge on any atom is 0.335 e. The molecule has 7 fully saturated rings. The zero-order valence-electron chi connectivity index (χ0n) is 39.7. The van der Waals surface area contributed by atoms with E-state index in [1.54, 1.807) is 0 Å². The third-order valence-corrected chi connectivity index (χ3v) is 19.6. The molecule has 2 unspecified atom stereocenters. The van der Waals surface area contributed by atoms with Crippen LogP contribution >= 0.6 is 0 Å². The fourth-order valence-electron chi connectivity index (χ4n) is 15.1. The first kappa shape index (κ1) is 50.9. The first-order valence-corrected chi connectivity index (χ1v) is 24.3. The molecule has 8 rings (SSSR count). The van der Waals surface area contributed by atoms with Crippen LogP contribution in [0.2, 0.25) is 0 Å². The molecule has 0 aromatic carbocycles. The molecule has 5 aliphatic carbocycles. The second-order valence-corrected chi connectivity index (χ2v) is 23.6. The van der Waals surface area contributed by atoms with E-state index >= 15 is 0 Å². The van der Waals surface area contributed by atoms with Crippen LogP contribution in [0.5, 0.6) is 0 Å². The number of fused-ring (bicyclic) bond motifs is 7. The van der Waals surface area contributed by atoms with E-state index in [9.17, 15) is 61.0 Å². The van der Waals surface area contributed by atoms with E-state index in [-0.39, 0.29) is 45.5 Å². The number of carboxylic acid groups (broad SMARTS) is 1.